The van der Waals surface area contributed by atoms with Crippen LogP contribution in [0.3, 0.4) is 0 Å². The predicted molar refractivity (Wildman–Crippen MR) is 49.8 cm³/mol. The van der Waals surface area contributed by atoms with Crippen molar-refractivity contribution in [1.82, 2.24) is 0 Å². The number of methoxy groups -OCH3 is 1. The van der Waals surface area contributed by atoms with Crippen LogP contribution in [-0.4, -0.2) is 7.11 Å². The van der Waals surface area contributed by atoms with Crippen molar-refractivity contribution in [1.29, 1.82) is 0 Å². The highest BCUT2D eigenvalue weighted by Gasteiger charge is 2.03. The number of ether oxygens (including phenoxy) is 1. The van der Waals surface area contributed by atoms with Gasteiger partial charge in [0.25, 0.3) is 0 Å². The van der Waals surface area contributed by atoms with E-state index in [0.29, 0.717) is 4.47 Å². The number of nitrogen functional groups attached to an aromatic ring is 1. The molecule has 0 amide bonds. The van der Waals surface area contributed by atoms with Crippen molar-refractivity contribution in [3.63, 3.8) is 0 Å². The van der Waals surface area contributed by atoms with Crippen LogP contribution in [0.15, 0.2) is 16.6 Å². The molecule has 0 fully saturated rings. The second-order valence-electron chi connectivity index (χ2n) is 2.04. The summed E-state index contributed by atoms with van der Waals surface area (Å²) >= 11 is 3.17. The van der Waals surface area contributed by atoms with Crippen molar-refractivity contribution in [2.24, 2.45) is 0 Å². The van der Waals surface area contributed by atoms with E-state index in [1.165, 1.54) is 7.11 Å². The molecule has 1 rings (SSSR count). The maximum absolute atomic E-state index is 7.31. The van der Waals surface area contributed by atoms with Crippen LogP contribution in [0, 0.1) is 6.85 Å². The van der Waals surface area contributed by atoms with E-state index in [0.717, 1.165) is 0 Å². The number of nitrogens with two attached hydrogens (primary N) is 1. The van der Waals surface area contributed by atoms with Gasteiger partial charge in [-0.3, -0.25) is 0 Å². The Balaban J connectivity index is 3.44. The van der Waals surface area contributed by atoms with Crippen LogP contribution in [0.2, 0.25) is 0 Å². The molecule has 1 aromatic carbocycles. The summed E-state index contributed by atoms with van der Waals surface area (Å²) in [5, 5.41) is 0. The van der Waals surface area contributed by atoms with Crippen LogP contribution in [0.5, 0.6) is 5.75 Å². The summed E-state index contributed by atoms with van der Waals surface area (Å²) < 4.78 is 27.4. The fourth-order valence-corrected chi connectivity index (χ4v) is 1.07. The zero-order valence-corrected chi connectivity index (χ0v) is 7.60. The molecule has 0 spiro atoms. The molecule has 0 radical (unpaired) electrons. The van der Waals surface area contributed by atoms with Gasteiger partial charge >= 0.3 is 0 Å². The van der Waals surface area contributed by atoms with Crippen LogP contribution >= 0.6 is 15.9 Å². The van der Waals surface area contributed by atoms with E-state index in [1.54, 1.807) is 12.1 Å². The van der Waals surface area contributed by atoms with Gasteiger partial charge in [-0.1, -0.05) is 0 Å². The zero-order chi connectivity index (χ0) is 10.9. The average molecular weight is 219 g/mol. The molecule has 0 atom stereocenters. The van der Waals surface area contributed by atoms with Gasteiger partial charge in [0.2, 0.25) is 0 Å². The Morgan fingerprint density at radius 1 is 1.64 bits per heavy atom. The average Bonchev–Trinajstić information content (AvgIpc) is 2.07. The Hall–Kier alpha value is -0.700. The maximum atomic E-state index is 7.31. The second kappa shape index (κ2) is 3.13. The van der Waals surface area contributed by atoms with Gasteiger partial charge in [0.15, 0.2) is 0 Å². The summed E-state index contributed by atoms with van der Waals surface area (Å²) in [4.78, 5) is 0. The SMILES string of the molecule is [2H]C([2H])([2H])c1c(OC)ccc(Br)c1N. The highest BCUT2D eigenvalue weighted by atomic mass is 79.9. The van der Waals surface area contributed by atoms with Crippen molar-refractivity contribution in [3.05, 3.63) is 22.2 Å². The summed E-state index contributed by atoms with van der Waals surface area (Å²) in [7, 11) is 1.41. The number of hydrogen-bond acceptors (Lipinski definition) is 2. The molecule has 0 unspecified atom stereocenters. The normalized spacial score (nSPS) is 14.9. The van der Waals surface area contributed by atoms with Crippen LogP contribution in [0.4, 0.5) is 5.69 Å². The third-order valence-corrected chi connectivity index (χ3v) is 2.07. The fourth-order valence-electron chi connectivity index (χ4n) is 0.744. The molecule has 0 aromatic heterocycles. The molecule has 0 heterocycles. The van der Waals surface area contributed by atoms with E-state index in [4.69, 9.17) is 14.6 Å². The number of halogens is 1. The largest absolute Gasteiger partial charge is 0.496 e. The molecule has 60 valence electrons. The molecule has 0 aliphatic heterocycles. The lowest BCUT2D eigenvalue weighted by Gasteiger charge is -2.07. The lowest BCUT2D eigenvalue weighted by atomic mass is 10.2. The Kier molecular flexibility index (Phi) is 1.43. The van der Waals surface area contributed by atoms with Crippen molar-refractivity contribution in [3.8, 4) is 5.75 Å². The van der Waals surface area contributed by atoms with Crippen molar-refractivity contribution < 1.29 is 8.85 Å². The Morgan fingerprint density at radius 3 is 2.91 bits per heavy atom. The van der Waals surface area contributed by atoms with Crippen LogP contribution in [-0.2, 0) is 0 Å². The second-order valence-corrected chi connectivity index (χ2v) is 2.89. The van der Waals surface area contributed by atoms with E-state index in [2.05, 4.69) is 15.9 Å². The molecule has 0 aliphatic rings. The highest BCUT2D eigenvalue weighted by molar-refractivity contribution is 9.10. The number of benzene rings is 1. The minimum atomic E-state index is -2.26. The van der Waals surface area contributed by atoms with Gasteiger partial charge in [-0.2, -0.15) is 0 Å². The lowest BCUT2D eigenvalue weighted by Crippen LogP contribution is -1.94. The van der Waals surface area contributed by atoms with Crippen molar-refractivity contribution in [2.45, 2.75) is 6.85 Å². The van der Waals surface area contributed by atoms with Crippen LogP contribution in [0.1, 0.15) is 9.68 Å². The zero-order valence-electron chi connectivity index (χ0n) is 9.02. The smallest absolute Gasteiger partial charge is 0.123 e. The van der Waals surface area contributed by atoms with E-state index in [1.807, 2.05) is 0 Å². The molecular formula is C8H10BrNO. The topological polar surface area (TPSA) is 35.2 Å². The summed E-state index contributed by atoms with van der Waals surface area (Å²) in [6.45, 7) is -2.26. The third-order valence-electron chi connectivity index (χ3n) is 1.37. The molecule has 0 bridgehead atoms. The molecule has 3 heteroatoms. The molecule has 2 N–H and O–H groups in total. The van der Waals surface area contributed by atoms with Gasteiger partial charge in [-0.15, -0.1) is 0 Å². The first kappa shape index (κ1) is 5.04. The molecule has 2 nitrogen and oxygen atoms in total. The Labute approximate surface area is 78.7 Å². The quantitative estimate of drug-likeness (QED) is 0.735. The molecule has 1 aromatic rings. The summed E-state index contributed by atoms with van der Waals surface area (Å²) in [6, 6.07) is 3.23. The highest BCUT2D eigenvalue weighted by Crippen LogP contribution is 2.29. The van der Waals surface area contributed by atoms with Crippen LogP contribution < -0.4 is 10.5 Å². The van der Waals surface area contributed by atoms with Gasteiger partial charge in [-0.05, 0) is 34.9 Å². The van der Waals surface area contributed by atoms with Gasteiger partial charge in [-0.25, -0.2) is 0 Å². The molecule has 11 heavy (non-hydrogen) atoms. The van der Waals surface area contributed by atoms with Gasteiger partial charge in [0.05, 0.1) is 12.8 Å². The Morgan fingerprint density at radius 2 is 2.36 bits per heavy atom. The molecule has 0 saturated heterocycles. The van der Waals surface area contributed by atoms with Gasteiger partial charge in [0.1, 0.15) is 5.75 Å². The Bertz CT molecular complexity index is 351. The van der Waals surface area contributed by atoms with E-state index < -0.39 is 6.85 Å². The summed E-state index contributed by atoms with van der Waals surface area (Å²) in [6.07, 6.45) is 0. The van der Waals surface area contributed by atoms with Gasteiger partial charge in [0, 0.05) is 14.1 Å². The summed E-state index contributed by atoms with van der Waals surface area (Å²) in [5.74, 6) is 0.283. The van der Waals surface area contributed by atoms with Crippen molar-refractivity contribution in [2.75, 3.05) is 12.8 Å². The van der Waals surface area contributed by atoms with E-state index in [-0.39, 0.29) is 17.0 Å². The van der Waals surface area contributed by atoms with E-state index >= 15 is 0 Å². The van der Waals surface area contributed by atoms with Gasteiger partial charge < -0.3 is 10.5 Å². The fraction of sp³-hybridized carbons (Fsp3) is 0.250. The predicted octanol–water partition coefficient (Wildman–Crippen LogP) is 2.35. The number of rotatable bonds is 1. The minimum absolute atomic E-state index is 0.0503. The third kappa shape index (κ3) is 1.48. The molecule has 0 aliphatic carbocycles. The number of anilines is 1. The molecular weight excluding hydrogens is 206 g/mol. The van der Waals surface area contributed by atoms with Crippen molar-refractivity contribution >= 4 is 21.6 Å². The first-order valence-electron chi connectivity index (χ1n) is 4.50. The standard InChI is InChI=1S/C8H10BrNO/c1-5-7(11-2)4-3-6(9)8(5)10/h3-4H,10H2,1-2H3/i1D3. The lowest BCUT2D eigenvalue weighted by molar-refractivity contribution is 0.412. The van der Waals surface area contributed by atoms with E-state index in [9.17, 15) is 0 Å². The van der Waals surface area contributed by atoms with Crippen LogP contribution in [0.25, 0.3) is 0 Å². The first-order valence-corrected chi connectivity index (χ1v) is 3.79. The first-order chi connectivity index (χ1) is 6.38. The number of hydrogen-bond donors (Lipinski definition) is 1. The molecule has 0 saturated carbocycles. The monoisotopic (exact) mass is 218 g/mol. The minimum Gasteiger partial charge on any atom is -0.496 e. The summed E-state index contributed by atoms with van der Waals surface area (Å²) in [5.41, 5.74) is 5.91. The maximum Gasteiger partial charge on any atom is 0.123 e.